The number of hydrogen-bond acceptors (Lipinski definition) is 5. The lowest BCUT2D eigenvalue weighted by Gasteiger charge is -2.07. The number of carbonyl (C=O) groups excluding carboxylic acids is 1. The minimum atomic E-state index is -0.196. The number of aryl methyl sites for hydroxylation is 1. The van der Waals surface area contributed by atoms with Crippen LogP contribution in [0.5, 0.6) is 0 Å². The number of nitrogens with one attached hydrogen (secondary N) is 3. The van der Waals surface area contributed by atoms with Gasteiger partial charge < -0.3 is 20.2 Å². The molecule has 4 aromatic rings. The van der Waals surface area contributed by atoms with E-state index in [0.29, 0.717) is 39.6 Å². The van der Waals surface area contributed by atoms with Gasteiger partial charge in [-0.05, 0) is 44.6 Å². The van der Waals surface area contributed by atoms with Crippen molar-refractivity contribution in [3.8, 4) is 0 Å². The van der Waals surface area contributed by atoms with Gasteiger partial charge in [-0.2, -0.15) is 0 Å². The molecule has 0 radical (unpaired) electrons. The van der Waals surface area contributed by atoms with Gasteiger partial charge in [-0.15, -0.1) is 11.3 Å². The Hall–Kier alpha value is -2.97. The largest absolute Gasteiger partial charge is 0.361 e. The Balaban J connectivity index is 1.51. The van der Waals surface area contributed by atoms with Crippen molar-refractivity contribution in [2.24, 2.45) is 0 Å². The second kappa shape index (κ2) is 7.81. The van der Waals surface area contributed by atoms with Gasteiger partial charge in [-0.1, -0.05) is 18.2 Å². The first-order valence-corrected chi connectivity index (χ1v) is 10.3. The zero-order valence-corrected chi connectivity index (χ0v) is 17.4. The second-order valence-corrected chi connectivity index (χ2v) is 8.35. The van der Waals surface area contributed by atoms with Crippen LogP contribution in [0.1, 0.15) is 26.6 Å². The molecule has 0 aliphatic carbocycles. The van der Waals surface area contributed by atoms with E-state index >= 15 is 0 Å². The predicted molar refractivity (Wildman–Crippen MR) is 117 cm³/mol. The first-order chi connectivity index (χ1) is 13.9. The van der Waals surface area contributed by atoms with Crippen molar-refractivity contribution in [2.45, 2.75) is 19.9 Å². The Labute approximate surface area is 171 Å². The highest BCUT2D eigenvalue weighted by Crippen LogP contribution is 2.27. The molecule has 3 aromatic heterocycles. The van der Waals surface area contributed by atoms with E-state index in [0.717, 1.165) is 11.9 Å². The molecule has 4 rings (SSSR count). The summed E-state index contributed by atoms with van der Waals surface area (Å²) in [5, 5.41) is 4.65. The Morgan fingerprint density at radius 1 is 1.28 bits per heavy atom. The average Bonchev–Trinajstić information content (AvgIpc) is 3.23. The van der Waals surface area contributed by atoms with Crippen LogP contribution >= 0.6 is 11.3 Å². The van der Waals surface area contributed by atoms with E-state index in [2.05, 4.69) is 26.3 Å². The SMILES string of the molecule is Cc1c(C(=O)NCCc2c[nH]c3ccccc23)sc2nc(CN(C)C)[nH]c(=O)c12. The summed E-state index contributed by atoms with van der Waals surface area (Å²) in [7, 11) is 3.83. The number of aromatic amines is 2. The lowest BCUT2D eigenvalue weighted by molar-refractivity contribution is 0.0957. The van der Waals surface area contributed by atoms with Gasteiger partial charge in [0.15, 0.2) is 0 Å². The number of rotatable bonds is 6. The van der Waals surface area contributed by atoms with E-state index in [9.17, 15) is 9.59 Å². The molecule has 8 heteroatoms. The van der Waals surface area contributed by atoms with E-state index in [1.165, 1.54) is 22.3 Å². The van der Waals surface area contributed by atoms with Crippen LogP contribution in [-0.4, -0.2) is 46.4 Å². The third-order valence-corrected chi connectivity index (χ3v) is 6.06. The van der Waals surface area contributed by atoms with Crippen molar-refractivity contribution in [1.82, 2.24) is 25.2 Å². The molecule has 0 saturated heterocycles. The normalized spacial score (nSPS) is 11.6. The number of nitrogens with zero attached hydrogens (tertiary/aromatic N) is 2. The minimum Gasteiger partial charge on any atom is -0.361 e. The summed E-state index contributed by atoms with van der Waals surface area (Å²) >= 11 is 1.27. The smallest absolute Gasteiger partial charge is 0.261 e. The number of aromatic nitrogens is 3. The predicted octanol–water partition coefficient (Wildman–Crippen LogP) is 2.81. The lowest BCUT2D eigenvalue weighted by Crippen LogP contribution is -2.25. The first kappa shape index (κ1) is 19.4. The lowest BCUT2D eigenvalue weighted by atomic mass is 10.1. The maximum absolute atomic E-state index is 12.7. The fourth-order valence-corrected chi connectivity index (χ4v) is 4.63. The molecule has 3 heterocycles. The van der Waals surface area contributed by atoms with E-state index in [1.54, 1.807) is 6.92 Å². The zero-order valence-electron chi connectivity index (χ0n) is 16.6. The summed E-state index contributed by atoms with van der Waals surface area (Å²) in [6, 6.07) is 8.11. The second-order valence-electron chi connectivity index (χ2n) is 7.35. The number of para-hydroxylation sites is 1. The van der Waals surface area contributed by atoms with Crippen molar-refractivity contribution in [2.75, 3.05) is 20.6 Å². The average molecular weight is 410 g/mol. The van der Waals surface area contributed by atoms with Crippen molar-refractivity contribution in [1.29, 1.82) is 0 Å². The van der Waals surface area contributed by atoms with E-state index < -0.39 is 0 Å². The van der Waals surface area contributed by atoms with Gasteiger partial charge in [0.2, 0.25) is 0 Å². The maximum Gasteiger partial charge on any atom is 0.261 e. The molecule has 1 aromatic carbocycles. The minimum absolute atomic E-state index is 0.168. The van der Waals surface area contributed by atoms with E-state index in [-0.39, 0.29) is 11.5 Å². The number of carbonyl (C=O) groups is 1. The number of H-pyrrole nitrogens is 2. The molecule has 0 atom stereocenters. The molecular weight excluding hydrogens is 386 g/mol. The van der Waals surface area contributed by atoms with Crippen molar-refractivity contribution < 1.29 is 4.79 Å². The van der Waals surface area contributed by atoms with Gasteiger partial charge >= 0.3 is 0 Å². The third-order valence-electron chi connectivity index (χ3n) is 4.88. The van der Waals surface area contributed by atoms with Crippen LogP contribution in [0.2, 0.25) is 0 Å². The van der Waals surface area contributed by atoms with Gasteiger partial charge in [0.1, 0.15) is 10.7 Å². The molecule has 0 aliphatic rings. The van der Waals surface area contributed by atoms with E-state index in [4.69, 9.17) is 0 Å². The Morgan fingerprint density at radius 3 is 2.86 bits per heavy atom. The molecule has 0 fully saturated rings. The van der Waals surface area contributed by atoms with Gasteiger partial charge in [0.05, 0.1) is 16.8 Å². The summed E-state index contributed by atoms with van der Waals surface area (Å²) in [5.41, 5.74) is 2.74. The van der Waals surface area contributed by atoms with Crippen LogP contribution in [0.4, 0.5) is 0 Å². The molecule has 1 amide bonds. The molecule has 29 heavy (non-hydrogen) atoms. The molecule has 0 unspecified atom stereocenters. The van der Waals surface area contributed by atoms with Crippen LogP contribution < -0.4 is 10.9 Å². The quantitative estimate of drug-likeness (QED) is 0.456. The molecule has 0 bridgehead atoms. The maximum atomic E-state index is 12.7. The number of benzene rings is 1. The summed E-state index contributed by atoms with van der Waals surface area (Å²) < 4.78 is 0. The van der Waals surface area contributed by atoms with Crippen LogP contribution in [0.15, 0.2) is 35.3 Å². The van der Waals surface area contributed by atoms with Crippen LogP contribution in [-0.2, 0) is 13.0 Å². The van der Waals surface area contributed by atoms with Gasteiger partial charge in [-0.25, -0.2) is 4.98 Å². The highest BCUT2D eigenvalue weighted by atomic mass is 32.1. The Morgan fingerprint density at radius 2 is 2.07 bits per heavy atom. The Bertz CT molecular complexity index is 1250. The number of fused-ring (bicyclic) bond motifs is 2. The standard InChI is InChI=1S/C21H23N5O2S/c1-12-17-19(27)24-16(11-26(2)3)25-21(17)29-18(12)20(28)22-9-8-13-10-23-15-7-5-4-6-14(13)15/h4-7,10,23H,8-9,11H2,1-3H3,(H,22,28)(H,24,25,27). The highest BCUT2D eigenvalue weighted by molar-refractivity contribution is 7.20. The number of amides is 1. The molecule has 0 aliphatic heterocycles. The summed E-state index contributed by atoms with van der Waals surface area (Å²) in [6.45, 7) is 2.86. The van der Waals surface area contributed by atoms with Gasteiger partial charge in [0.25, 0.3) is 11.5 Å². The van der Waals surface area contributed by atoms with Crippen LogP contribution in [0.3, 0.4) is 0 Å². The van der Waals surface area contributed by atoms with Gasteiger partial charge in [0, 0.05) is 23.6 Å². The summed E-state index contributed by atoms with van der Waals surface area (Å²) in [5.74, 6) is 0.430. The molecule has 7 nitrogen and oxygen atoms in total. The monoisotopic (exact) mass is 409 g/mol. The van der Waals surface area contributed by atoms with Crippen molar-refractivity contribution >= 4 is 38.4 Å². The zero-order chi connectivity index (χ0) is 20.5. The first-order valence-electron chi connectivity index (χ1n) is 9.44. The fraction of sp³-hybridized carbons (Fsp3) is 0.286. The molecule has 150 valence electrons. The number of thiophene rings is 1. The molecule has 0 spiro atoms. The molecule has 0 saturated carbocycles. The van der Waals surface area contributed by atoms with Crippen LogP contribution in [0, 0.1) is 6.92 Å². The highest BCUT2D eigenvalue weighted by Gasteiger charge is 2.19. The van der Waals surface area contributed by atoms with Crippen molar-refractivity contribution in [3.05, 3.63) is 62.6 Å². The molecule has 3 N–H and O–H groups in total. The third kappa shape index (κ3) is 3.81. The fourth-order valence-electron chi connectivity index (χ4n) is 3.51. The van der Waals surface area contributed by atoms with Crippen molar-refractivity contribution in [3.63, 3.8) is 0 Å². The van der Waals surface area contributed by atoms with Crippen LogP contribution in [0.25, 0.3) is 21.1 Å². The van der Waals surface area contributed by atoms with Gasteiger partial charge in [-0.3, -0.25) is 9.59 Å². The molecular formula is C21H23N5O2S. The topological polar surface area (TPSA) is 93.9 Å². The summed E-state index contributed by atoms with van der Waals surface area (Å²) in [4.78, 5) is 38.9. The Kier molecular flexibility index (Phi) is 5.21. The summed E-state index contributed by atoms with van der Waals surface area (Å²) in [6.07, 6.45) is 2.71. The van der Waals surface area contributed by atoms with E-state index in [1.807, 2.05) is 43.4 Å². The number of hydrogen-bond donors (Lipinski definition) is 3.